The Morgan fingerprint density at radius 3 is 2.45 bits per heavy atom. The first-order valence-corrected chi connectivity index (χ1v) is 9.39. The van der Waals surface area contributed by atoms with E-state index in [1.54, 1.807) is 36.2 Å². The van der Waals surface area contributed by atoms with E-state index in [1.807, 2.05) is 0 Å². The van der Waals surface area contributed by atoms with Crippen molar-refractivity contribution >= 4 is 17.7 Å². The Morgan fingerprint density at radius 2 is 1.79 bits per heavy atom. The topological polar surface area (TPSA) is 111 Å². The van der Waals surface area contributed by atoms with Crippen LogP contribution in [0.25, 0.3) is 22.4 Å². The van der Waals surface area contributed by atoms with E-state index < -0.39 is 5.82 Å². The van der Waals surface area contributed by atoms with Crippen LogP contribution in [0.1, 0.15) is 28.9 Å². The Hall–Kier alpha value is -3.55. The number of nitrogen functional groups attached to an aromatic ring is 2. The maximum atomic E-state index is 14.9. The molecule has 2 aromatic heterocycles. The Morgan fingerprint density at radius 1 is 1.07 bits per heavy atom. The van der Waals surface area contributed by atoms with Gasteiger partial charge in [0.1, 0.15) is 11.6 Å². The van der Waals surface area contributed by atoms with E-state index in [0.717, 1.165) is 18.4 Å². The fraction of sp³-hybridized carbons (Fsp3) is 0.238. The number of anilines is 2. The van der Waals surface area contributed by atoms with Crippen LogP contribution in [0.3, 0.4) is 0 Å². The van der Waals surface area contributed by atoms with Crippen LogP contribution in [-0.2, 0) is 0 Å². The first-order chi connectivity index (χ1) is 13.9. The zero-order valence-corrected chi connectivity index (χ0v) is 16.0. The van der Waals surface area contributed by atoms with Crippen molar-refractivity contribution < 1.29 is 9.18 Å². The molecule has 0 saturated carbocycles. The summed E-state index contributed by atoms with van der Waals surface area (Å²) in [6.45, 7) is 3.13. The number of hydrogen-bond acceptors (Lipinski definition) is 6. The van der Waals surface area contributed by atoms with Crippen LogP contribution in [0.2, 0.25) is 0 Å². The van der Waals surface area contributed by atoms with Crippen LogP contribution >= 0.6 is 0 Å². The predicted octanol–water partition coefficient (Wildman–Crippen LogP) is 3.05. The molecule has 8 heteroatoms. The summed E-state index contributed by atoms with van der Waals surface area (Å²) < 4.78 is 14.9. The summed E-state index contributed by atoms with van der Waals surface area (Å²) in [6, 6.07) is 7.98. The zero-order chi connectivity index (χ0) is 20.5. The number of halogens is 1. The summed E-state index contributed by atoms with van der Waals surface area (Å²) in [7, 11) is 0. The molecule has 0 bridgehead atoms. The number of pyridine rings is 1. The minimum absolute atomic E-state index is 0.0603. The molecule has 3 heterocycles. The number of nitrogens with zero attached hydrogens (tertiary/aromatic N) is 4. The Balaban J connectivity index is 1.79. The van der Waals surface area contributed by atoms with Crippen LogP contribution in [0.4, 0.5) is 16.2 Å². The number of likely N-dealkylation sites (tertiary alicyclic amines) is 1. The summed E-state index contributed by atoms with van der Waals surface area (Å²) in [5, 5.41) is 0. The number of amides is 1. The predicted molar refractivity (Wildman–Crippen MR) is 109 cm³/mol. The Kier molecular flexibility index (Phi) is 4.84. The fourth-order valence-corrected chi connectivity index (χ4v) is 3.63. The summed E-state index contributed by atoms with van der Waals surface area (Å²) in [5.74, 6) is -0.397. The minimum Gasteiger partial charge on any atom is -0.384 e. The Labute approximate surface area is 167 Å². The molecule has 0 unspecified atom stereocenters. The van der Waals surface area contributed by atoms with Gasteiger partial charge in [0.05, 0.1) is 17.0 Å². The van der Waals surface area contributed by atoms with Crippen LogP contribution in [0.15, 0.2) is 36.5 Å². The molecular weight excluding hydrogens is 371 g/mol. The second-order valence-corrected chi connectivity index (χ2v) is 7.06. The quantitative estimate of drug-likeness (QED) is 0.709. The molecule has 0 aliphatic carbocycles. The van der Waals surface area contributed by atoms with Crippen LogP contribution < -0.4 is 11.5 Å². The van der Waals surface area contributed by atoms with Crippen molar-refractivity contribution in [1.82, 2.24) is 19.9 Å². The van der Waals surface area contributed by atoms with Gasteiger partial charge in [-0.15, -0.1) is 0 Å². The third-order valence-corrected chi connectivity index (χ3v) is 5.05. The maximum absolute atomic E-state index is 14.9. The average molecular weight is 392 g/mol. The minimum atomic E-state index is -0.587. The second kappa shape index (κ2) is 7.46. The van der Waals surface area contributed by atoms with E-state index in [0.29, 0.717) is 41.4 Å². The lowest BCUT2D eigenvalue weighted by atomic mass is 9.98. The highest BCUT2D eigenvalue weighted by atomic mass is 19.1. The molecule has 29 heavy (non-hydrogen) atoms. The van der Waals surface area contributed by atoms with Crippen molar-refractivity contribution in [3.63, 3.8) is 0 Å². The number of nitrogens with two attached hydrogens (primary N) is 2. The number of rotatable bonds is 3. The number of benzene rings is 1. The highest BCUT2D eigenvalue weighted by molar-refractivity contribution is 5.95. The van der Waals surface area contributed by atoms with Gasteiger partial charge in [0.2, 0.25) is 5.95 Å². The van der Waals surface area contributed by atoms with E-state index in [9.17, 15) is 9.18 Å². The summed E-state index contributed by atoms with van der Waals surface area (Å²) >= 11 is 0. The van der Waals surface area contributed by atoms with E-state index >= 15 is 0 Å². The van der Waals surface area contributed by atoms with E-state index in [-0.39, 0.29) is 17.4 Å². The standard InChI is InChI=1S/C21H21FN6O/c1-12-18(14-5-7-17(23)25-11-14)19(27-21(24)26-12)13-4-6-15(16(22)10-13)20(29)28-8-2-3-9-28/h4-7,10-11H,2-3,8-9H2,1H3,(H2,23,25)(H2,24,26,27). The molecule has 1 saturated heterocycles. The van der Waals surface area contributed by atoms with Crippen LogP contribution in [-0.4, -0.2) is 38.8 Å². The van der Waals surface area contributed by atoms with Crippen LogP contribution in [0.5, 0.6) is 0 Å². The van der Waals surface area contributed by atoms with Gasteiger partial charge < -0.3 is 16.4 Å². The molecule has 7 nitrogen and oxygen atoms in total. The summed E-state index contributed by atoms with van der Waals surface area (Å²) in [6.07, 6.45) is 3.51. The van der Waals surface area contributed by atoms with Gasteiger partial charge >= 0.3 is 0 Å². The molecule has 1 fully saturated rings. The van der Waals surface area contributed by atoms with Gasteiger partial charge in [0.25, 0.3) is 5.91 Å². The lowest BCUT2D eigenvalue weighted by Gasteiger charge is -2.17. The number of aryl methyl sites for hydroxylation is 1. The maximum Gasteiger partial charge on any atom is 0.256 e. The molecular formula is C21H21FN6O. The highest BCUT2D eigenvalue weighted by Crippen LogP contribution is 2.34. The number of hydrogen-bond donors (Lipinski definition) is 2. The smallest absolute Gasteiger partial charge is 0.256 e. The van der Waals surface area contributed by atoms with Crippen molar-refractivity contribution in [2.45, 2.75) is 19.8 Å². The molecule has 1 aromatic carbocycles. The van der Waals surface area contributed by atoms with Crippen molar-refractivity contribution in [3.05, 3.63) is 53.6 Å². The summed E-state index contributed by atoms with van der Waals surface area (Å²) in [4.78, 5) is 26.9. The lowest BCUT2D eigenvalue weighted by Crippen LogP contribution is -2.28. The molecule has 0 spiro atoms. The largest absolute Gasteiger partial charge is 0.384 e. The molecule has 3 aromatic rings. The Bertz CT molecular complexity index is 1080. The monoisotopic (exact) mass is 392 g/mol. The van der Waals surface area contributed by atoms with Gasteiger partial charge in [0.15, 0.2) is 0 Å². The number of aromatic nitrogens is 3. The molecule has 148 valence electrons. The first kappa shape index (κ1) is 18.8. The van der Waals surface area contributed by atoms with Gasteiger partial charge in [-0.25, -0.2) is 19.3 Å². The molecule has 1 amide bonds. The van der Waals surface area contributed by atoms with Gasteiger partial charge in [-0.2, -0.15) is 0 Å². The summed E-state index contributed by atoms with van der Waals surface area (Å²) in [5.41, 5.74) is 14.6. The zero-order valence-electron chi connectivity index (χ0n) is 16.0. The van der Waals surface area contributed by atoms with Crippen LogP contribution in [0, 0.1) is 12.7 Å². The third kappa shape index (κ3) is 3.61. The average Bonchev–Trinajstić information content (AvgIpc) is 3.23. The van der Waals surface area contributed by atoms with E-state index in [4.69, 9.17) is 11.5 Å². The van der Waals surface area contributed by atoms with Gasteiger partial charge in [0, 0.05) is 36.0 Å². The van der Waals surface area contributed by atoms with Crippen molar-refractivity contribution in [2.75, 3.05) is 24.6 Å². The normalized spacial score (nSPS) is 13.7. The molecule has 1 aliphatic rings. The molecule has 4 rings (SSSR count). The van der Waals surface area contributed by atoms with Crippen molar-refractivity contribution in [2.24, 2.45) is 0 Å². The number of carbonyl (C=O) groups excluding carboxylic acids is 1. The molecule has 1 aliphatic heterocycles. The highest BCUT2D eigenvalue weighted by Gasteiger charge is 2.23. The second-order valence-electron chi connectivity index (χ2n) is 7.06. The molecule has 4 N–H and O–H groups in total. The van der Waals surface area contributed by atoms with Gasteiger partial charge in [-0.05, 0) is 44.0 Å². The molecule has 0 atom stereocenters. The number of carbonyl (C=O) groups is 1. The molecule has 0 radical (unpaired) electrons. The first-order valence-electron chi connectivity index (χ1n) is 9.39. The van der Waals surface area contributed by atoms with E-state index in [2.05, 4.69) is 15.0 Å². The van der Waals surface area contributed by atoms with E-state index in [1.165, 1.54) is 12.1 Å². The third-order valence-electron chi connectivity index (χ3n) is 5.05. The SMILES string of the molecule is Cc1nc(N)nc(-c2ccc(C(=O)N3CCCC3)c(F)c2)c1-c1ccc(N)nc1. The fourth-order valence-electron chi connectivity index (χ4n) is 3.63. The lowest BCUT2D eigenvalue weighted by molar-refractivity contribution is 0.0788. The van der Waals surface area contributed by atoms with Gasteiger partial charge in [-0.3, -0.25) is 4.79 Å². The van der Waals surface area contributed by atoms with Crippen molar-refractivity contribution in [3.8, 4) is 22.4 Å². The van der Waals surface area contributed by atoms with Crippen molar-refractivity contribution in [1.29, 1.82) is 0 Å². The van der Waals surface area contributed by atoms with Gasteiger partial charge in [-0.1, -0.05) is 6.07 Å².